The number of primary sulfonamides is 1. The number of phenolic OH excluding ortho intramolecular Hbond substituents is 1. The predicted octanol–water partition coefficient (Wildman–Crippen LogP) is 1.25. The van der Waals surface area contributed by atoms with E-state index in [4.69, 9.17) is 5.14 Å². The smallest absolute Gasteiger partial charge is 0.241 e. The van der Waals surface area contributed by atoms with Gasteiger partial charge in [0, 0.05) is 7.14 Å². The van der Waals surface area contributed by atoms with Gasteiger partial charge in [0.15, 0.2) is 0 Å². The maximum Gasteiger partial charge on any atom is 0.241 e. The molecule has 72 valence electrons. The Kier molecular flexibility index (Phi) is 3.41. The lowest BCUT2D eigenvalue weighted by Crippen LogP contribution is -2.12. The van der Waals surface area contributed by atoms with Gasteiger partial charge in [0.1, 0.15) is 10.6 Å². The number of benzene rings is 1. The average Bonchev–Trinajstić information content (AvgIpc) is 1.94. The molecular weight excluding hydrogens is 420 g/mol. The summed E-state index contributed by atoms with van der Waals surface area (Å²) in [6, 6.07) is 2.70. The van der Waals surface area contributed by atoms with E-state index in [1.807, 2.05) is 45.2 Å². The number of phenols is 1. The van der Waals surface area contributed by atoms with Gasteiger partial charge in [-0.05, 0) is 57.3 Å². The molecule has 1 rings (SSSR count). The van der Waals surface area contributed by atoms with Crippen LogP contribution in [0.3, 0.4) is 0 Å². The standard InChI is InChI=1S/C6H5I2NO3S/c7-3-1-5(10)6(2-4(3)8)13(9,11)12/h1-2,10H,(H2,9,11,12). The Morgan fingerprint density at radius 1 is 1.23 bits per heavy atom. The van der Waals surface area contributed by atoms with Crippen LogP contribution < -0.4 is 5.14 Å². The van der Waals surface area contributed by atoms with Crippen molar-refractivity contribution in [3.8, 4) is 5.75 Å². The lowest BCUT2D eigenvalue weighted by atomic mass is 10.3. The Labute approximate surface area is 103 Å². The highest BCUT2D eigenvalue weighted by Gasteiger charge is 2.15. The molecule has 0 saturated heterocycles. The molecule has 0 atom stereocenters. The largest absolute Gasteiger partial charge is 0.506 e. The minimum Gasteiger partial charge on any atom is -0.506 e. The third-order valence-corrected chi connectivity index (χ3v) is 5.07. The fraction of sp³-hybridized carbons (Fsp3) is 0. The molecule has 7 heteroatoms. The number of halogens is 2. The molecule has 0 aromatic heterocycles. The molecule has 0 radical (unpaired) electrons. The van der Waals surface area contributed by atoms with Crippen LogP contribution in [-0.4, -0.2) is 13.5 Å². The highest BCUT2D eigenvalue weighted by Crippen LogP contribution is 2.27. The zero-order valence-corrected chi connectivity index (χ0v) is 11.3. The molecule has 0 aliphatic rings. The van der Waals surface area contributed by atoms with Crippen LogP contribution in [0.25, 0.3) is 0 Å². The summed E-state index contributed by atoms with van der Waals surface area (Å²) in [5.41, 5.74) is 0. The summed E-state index contributed by atoms with van der Waals surface area (Å²) in [5.74, 6) is -0.313. The minimum absolute atomic E-state index is 0.239. The molecule has 0 spiro atoms. The van der Waals surface area contributed by atoms with Crippen molar-refractivity contribution >= 4 is 55.2 Å². The average molecular weight is 425 g/mol. The number of aromatic hydroxyl groups is 1. The van der Waals surface area contributed by atoms with Crippen molar-refractivity contribution < 1.29 is 13.5 Å². The lowest BCUT2D eigenvalue weighted by molar-refractivity contribution is 0.458. The molecule has 0 aliphatic carbocycles. The van der Waals surface area contributed by atoms with Gasteiger partial charge in [0.2, 0.25) is 10.0 Å². The molecule has 1 aromatic carbocycles. The van der Waals surface area contributed by atoms with Gasteiger partial charge in [0.25, 0.3) is 0 Å². The molecule has 0 unspecified atom stereocenters. The van der Waals surface area contributed by atoms with E-state index in [1.54, 1.807) is 0 Å². The first kappa shape index (κ1) is 11.5. The first-order valence-corrected chi connectivity index (χ1v) is 6.73. The SMILES string of the molecule is NS(=O)(=O)c1cc(I)c(I)cc1O. The van der Waals surface area contributed by atoms with Crippen LogP contribution in [0.5, 0.6) is 5.75 Å². The number of hydrogen-bond acceptors (Lipinski definition) is 3. The van der Waals surface area contributed by atoms with Gasteiger partial charge in [-0.3, -0.25) is 0 Å². The van der Waals surface area contributed by atoms with Gasteiger partial charge < -0.3 is 5.11 Å². The molecule has 1 aromatic rings. The van der Waals surface area contributed by atoms with Crippen molar-refractivity contribution in [1.29, 1.82) is 0 Å². The van der Waals surface area contributed by atoms with E-state index in [0.717, 1.165) is 7.14 Å². The molecule has 0 amide bonds. The van der Waals surface area contributed by atoms with Crippen molar-refractivity contribution in [2.24, 2.45) is 5.14 Å². The number of rotatable bonds is 1. The van der Waals surface area contributed by atoms with Gasteiger partial charge in [-0.1, -0.05) is 0 Å². The minimum atomic E-state index is -3.83. The highest BCUT2D eigenvalue weighted by atomic mass is 127. The Bertz CT molecular complexity index is 443. The van der Waals surface area contributed by atoms with Crippen LogP contribution in [0.2, 0.25) is 0 Å². The molecule has 0 heterocycles. The second-order valence-corrected chi connectivity index (χ2v) is 6.13. The highest BCUT2D eigenvalue weighted by molar-refractivity contribution is 14.1. The fourth-order valence-electron chi connectivity index (χ4n) is 0.746. The Morgan fingerprint density at radius 3 is 2.15 bits per heavy atom. The summed E-state index contributed by atoms with van der Waals surface area (Å²) in [6.45, 7) is 0. The quantitative estimate of drug-likeness (QED) is 0.666. The fourth-order valence-corrected chi connectivity index (χ4v) is 2.51. The van der Waals surface area contributed by atoms with Crippen LogP contribution in [0, 0.1) is 7.14 Å². The van der Waals surface area contributed by atoms with Crippen LogP contribution in [0.4, 0.5) is 0 Å². The number of hydrogen-bond donors (Lipinski definition) is 2. The van der Waals surface area contributed by atoms with Gasteiger partial charge >= 0.3 is 0 Å². The third kappa shape index (κ3) is 2.67. The second-order valence-electron chi connectivity index (χ2n) is 2.28. The molecule has 0 bridgehead atoms. The van der Waals surface area contributed by atoms with Crippen LogP contribution in [0.15, 0.2) is 17.0 Å². The Morgan fingerprint density at radius 2 is 1.69 bits per heavy atom. The van der Waals surface area contributed by atoms with E-state index < -0.39 is 10.0 Å². The normalized spacial score (nSPS) is 11.6. The summed E-state index contributed by atoms with van der Waals surface area (Å²) in [4.78, 5) is -0.239. The third-order valence-electron chi connectivity index (χ3n) is 1.31. The number of sulfonamides is 1. The molecule has 0 saturated carbocycles. The van der Waals surface area contributed by atoms with Crippen LogP contribution in [-0.2, 0) is 10.0 Å². The predicted molar refractivity (Wildman–Crippen MR) is 64.9 cm³/mol. The van der Waals surface area contributed by atoms with Crippen molar-refractivity contribution in [2.75, 3.05) is 0 Å². The maximum absolute atomic E-state index is 10.9. The molecule has 0 aliphatic heterocycles. The van der Waals surface area contributed by atoms with Crippen molar-refractivity contribution in [1.82, 2.24) is 0 Å². The zero-order chi connectivity index (χ0) is 10.2. The first-order valence-electron chi connectivity index (χ1n) is 3.03. The summed E-state index contributed by atoms with van der Waals surface area (Å²) in [6.07, 6.45) is 0. The zero-order valence-electron chi connectivity index (χ0n) is 6.16. The molecular formula is C6H5I2NO3S. The maximum atomic E-state index is 10.9. The van der Waals surface area contributed by atoms with Crippen molar-refractivity contribution in [3.05, 3.63) is 19.3 Å². The molecule has 3 N–H and O–H groups in total. The van der Waals surface area contributed by atoms with E-state index in [2.05, 4.69) is 0 Å². The molecule has 4 nitrogen and oxygen atoms in total. The van der Waals surface area contributed by atoms with E-state index in [1.165, 1.54) is 12.1 Å². The van der Waals surface area contributed by atoms with Gasteiger partial charge in [-0.15, -0.1) is 0 Å². The van der Waals surface area contributed by atoms with E-state index >= 15 is 0 Å². The van der Waals surface area contributed by atoms with Crippen molar-refractivity contribution in [3.63, 3.8) is 0 Å². The van der Waals surface area contributed by atoms with Gasteiger partial charge in [-0.2, -0.15) is 0 Å². The summed E-state index contributed by atoms with van der Waals surface area (Å²) >= 11 is 3.96. The Hall–Kier alpha value is 0.390. The van der Waals surface area contributed by atoms with Crippen LogP contribution >= 0.6 is 45.2 Å². The van der Waals surface area contributed by atoms with Gasteiger partial charge in [0.05, 0.1) is 0 Å². The molecule has 0 fully saturated rings. The van der Waals surface area contributed by atoms with E-state index in [0.29, 0.717) is 0 Å². The summed E-state index contributed by atoms with van der Waals surface area (Å²) < 4.78 is 23.4. The Balaban J connectivity index is 3.50. The monoisotopic (exact) mass is 425 g/mol. The van der Waals surface area contributed by atoms with Gasteiger partial charge in [-0.25, -0.2) is 13.6 Å². The van der Waals surface area contributed by atoms with Crippen LogP contribution in [0.1, 0.15) is 0 Å². The van der Waals surface area contributed by atoms with E-state index in [9.17, 15) is 13.5 Å². The van der Waals surface area contributed by atoms with Crippen molar-refractivity contribution in [2.45, 2.75) is 4.90 Å². The molecule has 13 heavy (non-hydrogen) atoms. The second kappa shape index (κ2) is 3.87. The summed E-state index contributed by atoms with van der Waals surface area (Å²) in [7, 11) is -3.83. The first-order chi connectivity index (χ1) is 5.82. The lowest BCUT2D eigenvalue weighted by Gasteiger charge is -2.03. The summed E-state index contributed by atoms with van der Waals surface area (Å²) in [5, 5.41) is 14.2. The van der Waals surface area contributed by atoms with E-state index in [-0.39, 0.29) is 10.6 Å². The topological polar surface area (TPSA) is 80.4 Å². The number of nitrogens with two attached hydrogens (primary N) is 1.